The molecule has 4 N–H and O–H groups in total. The third-order valence-electron chi connectivity index (χ3n) is 5.07. The lowest BCUT2D eigenvalue weighted by molar-refractivity contribution is -0.138. The smallest absolute Gasteiger partial charge is 0.368 e. The number of primary amides is 1. The first-order chi connectivity index (χ1) is 17.3. The molecule has 0 aliphatic heterocycles. The maximum Gasteiger partial charge on any atom is 0.416 e. The van der Waals surface area contributed by atoms with Crippen LogP contribution in [0.25, 0.3) is 34.5 Å². The van der Waals surface area contributed by atoms with E-state index in [0.717, 1.165) is 59.4 Å². The van der Waals surface area contributed by atoms with Gasteiger partial charge in [0, 0.05) is 35.3 Å². The van der Waals surface area contributed by atoms with Crippen molar-refractivity contribution in [2.45, 2.75) is 12.4 Å². The third kappa shape index (κ3) is 5.58. The predicted molar refractivity (Wildman–Crippen MR) is 121 cm³/mol. The summed E-state index contributed by atoms with van der Waals surface area (Å²) in [5, 5.41) is 4.24. The molecule has 0 unspecified atom stereocenters. The van der Waals surface area contributed by atoms with Crippen LogP contribution in [0, 0.1) is 0 Å². The number of alkyl halides is 6. The van der Waals surface area contributed by atoms with E-state index in [1.165, 1.54) is 12.4 Å². The van der Waals surface area contributed by atoms with Gasteiger partial charge < -0.3 is 11.5 Å². The number of amides is 1. The molecule has 4 rings (SSSR count). The third-order valence-corrected chi connectivity index (χ3v) is 5.07. The van der Waals surface area contributed by atoms with Gasteiger partial charge in [-0.2, -0.15) is 26.3 Å². The Labute approximate surface area is 204 Å². The average molecular weight is 519 g/mol. The highest BCUT2D eigenvalue weighted by molar-refractivity contribution is 6.22. The fourth-order valence-electron chi connectivity index (χ4n) is 3.23. The molecule has 1 amide bonds. The lowest BCUT2D eigenvalue weighted by Crippen LogP contribution is -2.14. The molecule has 0 atom stereocenters. The van der Waals surface area contributed by atoms with Gasteiger partial charge in [-0.1, -0.05) is 24.3 Å². The summed E-state index contributed by atoms with van der Waals surface area (Å²) in [6, 6.07) is 7.91. The Balaban J connectivity index is 1.86. The number of aromatic nitrogens is 5. The predicted octanol–water partition coefficient (Wildman–Crippen LogP) is 4.51. The van der Waals surface area contributed by atoms with Gasteiger partial charge in [-0.3, -0.25) is 4.79 Å². The molecule has 0 aliphatic rings. The molecular weight excluding hydrogens is 504 g/mol. The highest BCUT2D eigenvalue weighted by atomic mass is 19.4. The molecule has 2 heterocycles. The lowest BCUT2D eigenvalue weighted by atomic mass is 10.1. The Morgan fingerprint density at radius 2 is 1.30 bits per heavy atom. The van der Waals surface area contributed by atoms with Gasteiger partial charge in [-0.25, -0.2) is 19.6 Å². The number of nitrogen functional groups attached to an aromatic ring is 1. The lowest BCUT2D eigenvalue weighted by Gasteiger charge is -2.08. The molecule has 0 saturated heterocycles. The van der Waals surface area contributed by atoms with Crippen molar-refractivity contribution in [1.29, 1.82) is 0 Å². The van der Waals surface area contributed by atoms with Crippen LogP contribution >= 0.6 is 0 Å². The van der Waals surface area contributed by atoms with E-state index in [9.17, 15) is 31.1 Å². The minimum absolute atomic E-state index is 0.0151. The highest BCUT2D eigenvalue weighted by Crippen LogP contribution is 2.33. The standard InChI is InChI=1S/C23H15F6N7O/c24-22(25,26)15-5-1-12(2-6-15)19-34-20(13-3-7-16(8-4-13)23(27,28)29)36(35-19)11-17(18(30)37)14-9-32-21(31)33-10-14/h1-11H,(H2,30,37)(H2,31,32,33)/b17-11+. The molecule has 2 aromatic heterocycles. The van der Waals surface area contributed by atoms with Gasteiger partial charge in [-0.15, -0.1) is 5.10 Å². The molecule has 190 valence electrons. The molecule has 14 heteroatoms. The number of nitrogens with two attached hydrogens (primary N) is 2. The van der Waals surface area contributed by atoms with Crippen molar-refractivity contribution in [2.75, 3.05) is 5.73 Å². The summed E-state index contributed by atoms with van der Waals surface area (Å²) >= 11 is 0. The van der Waals surface area contributed by atoms with E-state index in [2.05, 4.69) is 20.1 Å². The van der Waals surface area contributed by atoms with Crippen molar-refractivity contribution in [2.24, 2.45) is 5.73 Å². The molecular formula is C23H15F6N7O. The van der Waals surface area contributed by atoms with E-state index >= 15 is 0 Å². The second-order valence-corrected chi connectivity index (χ2v) is 7.59. The number of hydrogen-bond acceptors (Lipinski definition) is 6. The summed E-state index contributed by atoms with van der Waals surface area (Å²) < 4.78 is 79.0. The van der Waals surface area contributed by atoms with E-state index < -0.39 is 29.4 Å². The van der Waals surface area contributed by atoms with Crippen molar-refractivity contribution in [3.8, 4) is 22.8 Å². The van der Waals surface area contributed by atoms with Gasteiger partial charge >= 0.3 is 12.4 Å². The number of benzene rings is 2. The maximum atomic E-state index is 13.0. The number of nitrogens with zero attached hydrogens (tertiary/aromatic N) is 5. The van der Waals surface area contributed by atoms with Gasteiger partial charge in [-0.05, 0) is 24.3 Å². The largest absolute Gasteiger partial charge is 0.416 e. The van der Waals surface area contributed by atoms with E-state index in [4.69, 9.17) is 11.5 Å². The number of carbonyl (C=O) groups is 1. The van der Waals surface area contributed by atoms with Gasteiger partial charge in [0.15, 0.2) is 11.6 Å². The maximum absolute atomic E-state index is 13.0. The van der Waals surface area contributed by atoms with Crippen LogP contribution in [0.3, 0.4) is 0 Å². The van der Waals surface area contributed by atoms with E-state index in [-0.39, 0.29) is 39.9 Å². The molecule has 8 nitrogen and oxygen atoms in total. The fraction of sp³-hybridized carbons (Fsp3) is 0.0870. The Kier molecular flexibility index (Phi) is 6.42. The zero-order valence-electron chi connectivity index (χ0n) is 18.4. The summed E-state index contributed by atoms with van der Waals surface area (Å²) in [5.41, 5.74) is 9.55. The van der Waals surface area contributed by atoms with E-state index in [1.807, 2.05) is 0 Å². The van der Waals surface area contributed by atoms with Crippen molar-refractivity contribution in [1.82, 2.24) is 24.7 Å². The first-order valence-electron chi connectivity index (χ1n) is 10.2. The number of halogens is 6. The van der Waals surface area contributed by atoms with Crippen LogP contribution in [-0.4, -0.2) is 30.6 Å². The summed E-state index contributed by atoms with van der Waals surface area (Å²) in [6.07, 6.45) is -5.53. The molecule has 2 aromatic carbocycles. The highest BCUT2D eigenvalue weighted by Gasteiger charge is 2.31. The fourth-order valence-corrected chi connectivity index (χ4v) is 3.23. The first-order valence-corrected chi connectivity index (χ1v) is 10.2. The molecule has 0 aliphatic carbocycles. The number of rotatable bonds is 5. The van der Waals surface area contributed by atoms with Crippen molar-refractivity contribution >= 4 is 23.6 Å². The zero-order valence-corrected chi connectivity index (χ0v) is 18.4. The van der Waals surface area contributed by atoms with Crippen LogP contribution < -0.4 is 11.5 Å². The van der Waals surface area contributed by atoms with Crippen LogP contribution in [0.15, 0.2) is 60.9 Å². The first kappa shape index (κ1) is 25.3. The monoisotopic (exact) mass is 519 g/mol. The normalized spacial score (nSPS) is 12.5. The minimum Gasteiger partial charge on any atom is -0.368 e. The van der Waals surface area contributed by atoms with Gasteiger partial charge in [0.1, 0.15) is 0 Å². The Morgan fingerprint density at radius 3 is 1.76 bits per heavy atom. The van der Waals surface area contributed by atoms with Gasteiger partial charge in [0.2, 0.25) is 5.95 Å². The van der Waals surface area contributed by atoms with Crippen molar-refractivity contribution in [3.63, 3.8) is 0 Å². The van der Waals surface area contributed by atoms with Crippen LogP contribution in [-0.2, 0) is 17.1 Å². The van der Waals surface area contributed by atoms with Crippen LogP contribution in [0.5, 0.6) is 0 Å². The molecule has 4 aromatic rings. The van der Waals surface area contributed by atoms with Crippen molar-refractivity contribution < 1.29 is 31.1 Å². The summed E-state index contributed by atoms with van der Waals surface area (Å²) in [7, 11) is 0. The molecule has 0 fully saturated rings. The number of anilines is 1. The van der Waals surface area contributed by atoms with Crippen LogP contribution in [0.1, 0.15) is 16.7 Å². The Bertz CT molecular complexity index is 1460. The number of hydrogen-bond donors (Lipinski definition) is 2. The SMILES string of the molecule is NC(=O)/C(=C/n1nc(-c2ccc(C(F)(F)F)cc2)nc1-c1ccc(C(F)(F)F)cc1)c1cnc(N)nc1. The quantitative estimate of drug-likeness (QED) is 0.295. The molecule has 0 spiro atoms. The second kappa shape index (κ2) is 9.37. The summed E-state index contributed by atoms with van der Waals surface area (Å²) in [5.74, 6) is -1.06. The average Bonchev–Trinajstić information content (AvgIpc) is 3.26. The summed E-state index contributed by atoms with van der Waals surface area (Å²) in [6.45, 7) is 0. The molecule has 0 saturated carbocycles. The zero-order chi connectivity index (χ0) is 27.0. The second-order valence-electron chi connectivity index (χ2n) is 7.59. The number of carbonyl (C=O) groups excluding carboxylic acids is 1. The Morgan fingerprint density at radius 1 is 0.811 bits per heavy atom. The van der Waals surface area contributed by atoms with Crippen LogP contribution in [0.2, 0.25) is 0 Å². The molecule has 0 bridgehead atoms. The topological polar surface area (TPSA) is 126 Å². The summed E-state index contributed by atoms with van der Waals surface area (Å²) in [4.78, 5) is 24.1. The van der Waals surface area contributed by atoms with E-state index in [1.54, 1.807) is 0 Å². The minimum atomic E-state index is -4.58. The van der Waals surface area contributed by atoms with Crippen LogP contribution in [0.4, 0.5) is 32.3 Å². The molecule has 0 radical (unpaired) electrons. The van der Waals surface area contributed by atoms with Crippen molar-refractivity contribution in [3.05, 3.63) is 77.6 Å². The van der Waals surface area contributed by atoms with Gasteiger partial charge in [0.25, 0.3) is 5.91 Å². The Hall–Kier alpha value is -4.75. The molecule has 37 heavy (non-hydrogen) atoms. The van der Waals surface area contributed by atoms with Gasteiger partial charge in [0.05, 0.1) is 16.7 Å². The van der Waals surface area contributed by atoms with E-state index in [0.29, 0.717) is 0 Å².